The summed E-state index contributed by atoms with van der Waals surface area (Å²) >= 11 is 0. The maximum absolute atomic E-state index is 6.15. The molecule has 0 unspecified atom stereocenters. The van der Waals surface area contributed by atoms with Gasteiger partial charge >= 0.3 is 0 Å². The van der Waals surface area contributed by atoms with Crippen LogP contribution in [0.2, 0.25) is 0 Å². The van der Waals surface area contributed by atoms with Gasteiger partial charge in [0, 0.05) is 30.9 Å². The smallest absolute Gasteiger partial charge is 0.197 e. The first-order valence-corrected chi connectivity index (χ1v) is 7.94. The van der Waals surface area contributed by atoms with Gasteiger partial charge in [0.05, 0.1) is 23.8 Å². The molecule has 2 aromatic heterocycles. The van der Waals surface area contributed by atoms with E-state index in [1.165, 1.54) is 0 Å². The Balaban J connectivity index is 1.93. The second-order valence-corrected chi connectivity index (χ2v) is 6.23. The van der Waals surface area contributed by atoms with Crippen molar-refractivity contribution in [2.45, 2.75) is 38.6 Å². The molecule has 0 saturated carbocycles. The van der Waals surface area contributed by atoms with E-state index in [-0.39, 0.29) is 6.04 Å². The van der Waals surface area contributed by atoms with Crippen LogP contribution in [-0.2, 0) is 0 Å². The lowest BCUT2D eigenvalue weighted by molar-refractivity contribution is 0.506. The summed E-state index contributed by atoms with van der Waals surface area (Å²) in [4.78, 5) is 6.93. The Morgan fingerprint density at radius 2 is 2.32 bits per heavy atom. The highest BCUT2D eigenvalue weighted by molar-refractivity contribution is 5.73. The molecule has 0 spiro atoms. The van der Waals surface area contributed by atoms with Crippen LogP contribution in [0.3, 0.4) is 0 Å². The fourth-order valence-corrected chi connectivity index (χ4v) is 2.85. The maximum Gasteiger partial charge on any atom is 0.197 e. The normalized spacial score (nSPS) is 18.7. The number of furan rings is 1. The third-order valence-electron chi connectivity index (χ3n) is 4.07. The molecule has 0 aromatic carbocycles. The molecular formula is C17H24N4O. The standard InChI is InChI=1S/C17H24N4O/c1-12(2)14-9-16(21-7-3-5-13(18)11-21)15(10-19-14)20-17-6-4-8-22-17/h4,6,8-10,12-13,20H,3,5,7,11,18H2,1-2H3/t13-/m1/s1. The minimum atomic E-state index is 0.237. The Bertz CT molecular complexity index is 609. The molecule has 1 aliphatic rings. The molecule has 0 amide bonds. The first-order chi connectivity index (χ1) is 10.6. The Morgan fingerprint density at radius 1 is 1.45 bits per heavy atom. The molecule has 2 aromatic rings. The van der Waals surface area contributed by atoms with Crippen LogP contribution < -0.4 is 16.0 Å². The Kier molecular flexibility index (Phi) is 4.34. The van der Waals surface area contributed by atoms with E-state index in [0.29, 0.717) is 5.92 Å². The highest BCUT2D eigenvalue weighted by Gasteiger charge is 2.21. The molecule has 1 aliphatic heterocycles. The van der Waals surface area contributed by atoms with Crippen molar-refractivity contribution in [3.63, 3.8) is 0 Å². The van der Waals surface area contributed by atoms with Crippen LogP contribution >= 0.6 is 0 Å². The van der Waals surface area contributed by atoms with Crippen LogP contribution in [0.4, 0.5) is 17.3 Å². The molecule has 1 fully saturated rings. The van der Waals surface area contributed by atoms with Gasteiger partial charge < -0.3 is 20.4 Å². The summed E-state index contributed by atoms with van der Waals surface area (Å²) in [6.45, 7) is 6.23. The molecule has 22 heavy (non-hydrogen) atoms. The lowest BCUT2D eigenvalue weighted by Crippen LogP contribution is -2.43. The highest BCUT2D eigenvalue weighted by atomic mass is 16.3. The van der Waals surface area contributed by atoms with Gasteiger partial charge in [-0.3, -0.25) is 4.98 Å². The van der Waals surface area contributed by atoms with Crippen LogP contribution in [0.15, 0.2) is 35.1 Å². The van der Waals surface area contributed by atoms with Gasteiger partial charge in [0.2, 0.25) is 0 Å². The molecule has 3 rings (SSSR count). The van der Waals surface area contributed by atoms with Gasteiger partial charge in [0.25, 0.3) is 0 Å². The van der Waals surface area contributed by atoms with Crippen LogP contribution in [0.25, 0.3) is 0 Å². The van der Waals surface area contributed by atoms with Crippen LogP contribution in [0.5, 0.6) is 0 Å². The number of pyridine rings is 1. The summed E-state index contributed by atoms with van der Waals surface area (Å²) in [5.74, 6) is 1.12. The number of nitrogens with two attached hydrogens (primary N) is 1. The fraction of sp³-hybridized carbons (Fsp3) is 0.471. The van der Waals surface area contributed by atoms with E-state index in [9.17, 15) is 0 Å². The van der Waals surface area contributed by atoms with Crippen molar-refractivity contribution >= 4 is 17.3 Å². The summed E-state index contributed by atoms with van der Waals surface area (Å²) in [6.07, 6.45) is 5.78. The molecular weight excluding hydrogens is 276 g/mol. The monoisotopic (exact) mass is 300 g/mol. The van der Waals surface area contributed by atoms with E-state index in [1.807, 2.05) is 18.3 Å². The molecule has 5 nitrogen and oxygen atoms in total. The van der Waals surface area contributed by atoms with Gasteiger partial charge in [-0.1, -0.05) is 13.8 Å². The minimum absolute atomic E-state index is 0.237. The summed E-state index contributed by atoms with van der Waals surface area (Å²) < 4.78 is 5.40. The Labute approximate surface area is 131 Å². The van der Waals surface area contributed by atoms with Gasteiger partial charge in [-0.25, -0.2) is 0 Å². The molecule has 118 valence electrons. The third kappa shape index (κ3) is 3.25. The van der Waals surface area contributed by atoms with E-state index in [1.54, 1.807) is 6.26 Å². The second-order valence-electron chi connectivity index (χ2n) is 6.23. The van der Waals surface area contributed by atoms with E-state index < -0.39 is 0 Å². The van der Waals surface area contributed by atoms with E-state index in [2.05, 4.69) is 35.1 Å². The van der Waals surface area contributed by atoms with Crippen LogP contribution in [0, 0.1) is 0 Å². The van der Waals surface area contributed by atoms with Crippen molar-refractivity contribution in [2.24, 2.45) is 5.73 Å². The number of anilines is 3. The van der Waals surface area contributed by atoms with Gasteiger partial charge in [0.15, 0.2) is 5.88 Å². The van der Waals surface area contributed by atoms with E-state index >= 15 is 0 Å². The molecule has 1 atom stereocenters. The third-order valence-corrected chi connectivity index (χ3v) is 4.07. The van der Waals surface area contributed by atoms with Crippen molar-refractivity contribution < 1.29 is 4.42 Å². The number of aromatic nitrogens is 1. The fourth-order valence-electron chi connectivity index (χ4n) is 2.85. The first-order valence-electron chi connectivity index (χ1n) is 7.94. The molecule has 5 heteroatoms. The number of nitrogens with zero attached hydrogens (tertiary/aromatic N) is 2. The first kappa shape index (κ1) is 14.9. The average Bonchev–Trinajstić information content (AvgIpc) is 3.00. The summed E-state index contributed by atoms with van der Waals surface area (Å²) in [7, 11) is 0. The number of piperidine rings is 1. The molecule has 0 aliphatic carbocycles. The van der Waals surface area contributed by atoms with Gasteiger partial charge in [-0.05, 0) is 30.9 Å². The van der Waals surface area contributed by atoms with Crippen molar-refractivity contribution in [3.05, 3.63) is 36.4 Å². The Hall–Kier alpha value is -2.01. The zero-order valence-corrected chi connectivity index (χ0v) is 13.2. The highest BCUT2D eigenvalue weighted by Crippen LogP contribution is 2.32. The summed E-state index contributed by atoms with van der Waals surface area (Å²) in [6, 6.07) is 6.19. The summed E-state index contributed by atoms with van der Waals surface area (Å²) in [5.41, 5.74) is 9.37. The number of hydrogen-bond acceptors (Lipinski definition) is 5. The SMILES string of the molecule is CC(C)c1cc(N2CCC[C@@H](N)C2)c(Nc2ccco2)cn1. The molecule has 3 N–H and O–H groups in total. The average molecular weight is 300 g/mol. The van der Waals surface area contributed by atoms with Crippen molar-refractivity contribution in [3.8, 4) is 0 Å². The number of hydrogen-bond donors (Lipinski definition) is 2. The zero-order chi connectivity index (χ0) is 15.5. The van der Waals surface area contributed by atoms with Gasteiger partial charge in [0.1, 0.15) is 0 Å². The topological polar surface area (TPSA) is 67.3 Å². The van der Waals surface area contributed by atoms with Gasteiger partial charge in [-0.15, -0.1) is 0 Å². The largest absolute Gasteiger partial charge is 0.449 e. The van der Waals surface area contributed by atoms with E-state index in [4.69, 9.17) is 10.2 Å². The molecule has 3 heterocycles. The Morgan fingerprint density at radius 3 is 3.00 bits per heavy atom. The van der Waals surface area contributed by atoms with Crippen LogP contribution in [-0.4, -0.2) is 24.1 Å². The quantitative estimate of drug-likeness (QED) is 0.905. The van der Waals surface area contributed by atoms with E-state index in [0.717, 1.165) is 48.9 Å². The predicted molar refractivity (Wildman–Crippen MR) is 89.7 cm³/mol. The molecule has 1 saturated heterocycles. The minimum Gasteiger partial charge on any atom is -0.449 e. The summed E-state index contributed by atoms with van der Waals surface area (Å²) in [5, 5.41) is 3.32. The molecule has 0 radical (unpaired) electrons. The number of nitrogens with one attached hydrogen (secondary N) is 1. The zero-order valence-electron chi connectivity index (χ0n) is 13.2. The van der Waals surface area contributed by atoms with Crippen molar-refractivity contribution in [1.82, 2.24) is 4.98 Å². The second kappa shape index (κ2) is 6.40. The predicted octanol–water partition coefficient (Wildman–Crippen LogP) is 3.47. The maximum atomic E-state index is 6.15. The lowest BCUT2D eigenvalue weighted by atomic mass is 10.0. The van der Waals surface area contributed by atoms with Crippen molar-refractivity contribution in [1.29, 1.82) is 0 Å². The van der Waals surface area contributed by atoms with Crippen LogP contribution in [0.1, 0.15) is 38.3 Å². The lowest BCUT2D eigenvalue weighted by Gasteiger charge is -2.34. The van der Waals surface area contributed by atoms with Gasteiger partial charge in [-0.2, -0.15) is 0 Å². The molecule has 0 bridgehead atoms. The van der Waals surface area contributed by atoms with Crippen molar-refractivity contribution in [2.75, 3.05) is 23.3 Å². The number of rotatable bonds is 4.